The molecule has 1 unspecified atom stereocenters. The van der Waals surface area contributed by atoms with Crippen LogP contribution in [0.25, 0.3) is 16.6 Å². The molecule has 0 aliphatic rings. The monoisotopic (exact) mass is 504 g/mol. The summed E-state index contributed by atoms with van der Waals surface area (Å²) in [5.74, 6) is 0.425. The van der Waals surface area contributed by atoms with Gasteiger partial charge in [0.1, 0.15) is 5.82 Å². The zero-order valence-electron chi connectivity index (χ0n) is 20.8. The Bertz CT molecular complexity index is 1430. The number of rotatable bonds is 7. The van der Waals surface area contributed by atoms with Crippen molar-refractivity contribution in [3.8, 4) is 5.69 Å². The Hall–Kier alpha value is -3.68. The number of aryl methyl sites for hydroxylation is 2. The van der Waals surface area contributed by atoms with Crippen LogP contribution in [0.3, 0.4) is 0 Å². The van der Waals surface area contributed by atoms with E-state index in [0.717, 1.165) is 11.1 Å². The number of hydrogen-bond donors (Lipinski definition) is 1. The molecule has 4 rings (SSSR count). The van der Waals surface area contributed by atoms with Gasteiger partial charge in [-0.15, -0.1) is 0 Å². The molecule has 0 radical (unpaired) electrons. The minimum absolute atomic E-state index is 0.229. The van der Waals surface area contributed by atoms with Gasteiger partial charge in [-0.25, -0.2) is 9.78 Å². The number of nitrogens with one attached hydrogen (secondary N) is 1. The van der Waals surface area contributed by atoms with E-state index >= 15 is 0 Å². The molecule has 0 aliphatic heterocycles. The van der Waals surface area contributed by atoms with Gasteiger partial charge in [0.15, 0.2) is 0 Å². The fourth-order valence-corrected chi connectivity index (χ4v) is 4.20. The van der Waals surface area contributed by atoms with E-state index in [9.17, 15) is 9.59 Å². The molecular weight excluding hydrogens is 476 g/mol. The number of ether oxygens (including phenoxy) is 1. The lowest BCUT2D eigenvalue weighted by Gasteiger charge is -2.30. The second-order valence-corrected chi connectivity index (χ2v) is 9.20. The zero-order valence-corrected chi connectivity index (χ0v) is 21.5. The minimum Gasteiger partial charge on any atom is -0.383 e. The van der Waals surface area contributed by atoms with Crippen molar-refractivity contribution in [2.75, 3.05) is 25.6 Å². The number of nitrogens with zero attached hydrogens (tertiary/aromatic N) is 3. The van der Waals surface area contributed by atoms with Gasteiger partial charge in [-0.1, -0.05) is 47.0 Å². The maximum atomic E-state index is 13.7. The van der Waals surface area contributed by atoms with Crippen LogP contribution < -0.4 is 10.9 Å². The van der Waals surface area contributed by atoms with E-state index in [4.69, 9.17) is 21.3 Å². The molecule has 0 saturated heterocycles. The molecule has 0 bridgehead atoms. The van der Waals surface area contributed by atoms with E-state index in [-0.39, 0.29) is 11.6 Å². The number of amides is 2. The highest BCUT2D eigenvalue weighted by Gasteiger charge is 2.27. The average Bonchev–Trinajstić information content (AvgIpc) is 2.86. The van der Waals surface area contributed by atoms with E-state index in [0.29, 0.717) is 46.3 Å². The first-order valence-corrected chi connectivity index (χ1v) is 12.1. The van der Waals surface area contributed by atoms with Crippen molar-refractivity contribution in [1.29, 1.82) is 0 Å². The number of halogens is 1. The number of fused-ring (bicyclic) bond motifs is 1. The number of methoxy groups -OCH3 is 1. The van der Waals surface area contributed by atoms with E-state index < -0.39 is 6.04 Å². The molecule has 0 aliphatic carbocycles. The summed E-state index contributed by atoms with van der Waals surface area (Å²) in [6.45, 7) is 6.44. The molecule has 1 aromatic heterocycles. The molecule has 0 spiro atoms. The first-order chi connectivity index (χ1) is 17.3. The predicted molar refractivity (Wildman–Crippen MR) is 144 cm³/mol. The Morgan fingerprint density at radius 1 is 1.06 bits per heavy atom. The normalized spacial score (nSPS) is 11.9. The smallest absolute Gasteiger partial charge is 0.322 e. The van der Waals surface area contributed by atoms with Gasteiger partial charge in [0.2, 0.25) is 0 Å². The summed E-state index contributed by atoms with van der Waals surface area (Å²) in [6.07, 6.45) is 0. The molecule has 36 heavy (non-hydrogen) atoms. The fraction of sp³-hybridized carbons (Fsp3) is 0.250. The Balaban J connectivity index is 1.83. The standard InChI is InChI=1S/C28H29ClN4O3/c1-18-5-10-22(11-6-18)30-28(35)32(15-16-36-4)20(3)26-31-25-17-21(29)9-14-24(25)27(34)33(26)23-12-7-19(2)8-13-23/h5-14,17,20H,15-16H2,1-4H3,(H,30,35). The number of anilines is 1. The molecule has 2 amide bonds. The third-order valence-corrected chi connectivity index (χ3v) is 6.33. The van der Waals surface area contributed by atoms with Crippen LogP contribution in [-0.4, -0.2) is 40.7 Å². The van der Waals surface area contributed by atoms with Crippen molar-refractivity contribution in [2.45, 2.75) is 26.8 Å². The number of aromatic nitrogens is 2. The molecular formula is C28H29ClN4O3. The van der Waals surface area contributed by atoms with Crippen LogP contribution in [0, 0.1) is 13.8 Å². The fourth-order valence-electron chi connectivity index (χ4n) is 4.03. The third kappa shape index (κ3) is 5.42. The number of hydrogen-bond acceptors (Lipinski definition) is 4. The lowest BCUT2D eigenvalue weighted by molar-refractivity contribution is 0.137. The Morgan fingerprint density at radius 3 is 2.33 bits per heavy atom. The van der Waals surface area contributed by atoms with Gasteiger partial charge in [0.05, 0.1) is 29.2 Å². The SMILES string of the molecule is COCCN(C(=O)Nc1ccc(C)cc1)C(C)c1nc2cc(Cl)ccc2c(=O)n1-c1ccc(C)cc1. The van der Waals surface area contributed by atoms with E-state index in [1.165, 1.54) is 0 Å². The van der Waals surface area contributed by atoms with Crippen LogP contribution in [-0.2, 0) is 4.74 Å². The van der Waals surface area contributed by atoms with Gasteiger partial charge >= 0.3 is 6.03 Å². The number of carbonyl (C=O) groups excluding carboxylic acids is 1. The van der Waals surface area contributed by atoms with Crippen LogP contribution in [0.5, 0.6) is 0 Å². The summed E-state index contributed by atoms with van der Waals surface area (Å²) in [6, 6.07) is 19.3. The molecule has 1 N–H and O–H groups in total. The Kier molecular flexibility index (Phi) is 7.72. The third-order valence-electron chi connectivity index (χ3n) is 6.09. The lowest BCUT2D eigenvalue weighted by atomic mass is 10.1. The van der Waals surface area contributed by atoms with Crippen molar-refractivity contribution < 1.29 is 9.53 Å². The topological polar surface area (TPSA) is 76.5 Å². The predicted octanol–water partition coefficient (Wildman–Crippen LogP) is 5.90. The van der Waals surface area contributed by atoms with Crippen molar-refractivity contribution in [3.63, 3.8) is 0 Å². The van der Waals surface area contributed by atoms with Gasteiger partial charge < -0.3 is 15.0 Å². The maximum Gasteiger partial charge on any atom is 0.322 e. The minimum atomic E-state index is -0.567. The van der Waals surface area contributed by atoms with Crippen molar-refractivity contribution in [2.24, 2.45) is 0 Å². The maximum absolute atomic E-state index is 13.7. The molecule has 8 heteroatoms. The zero-order chi connectivity index (χ0) is 25.8. The van der Waals surface area contributed by atoms with Crippen LogP contribution in [0.1, 0.15) is 29.9 Å². The Morgan fingerprint density at radius 2 is 1.69 bits per heavy atom. The summed E-state index contributed by atoms with van der Waals surface area (Å²) in [7, 11) is 1.58. The molecule has 1 atom stereocenters. The largest absolute Gasteiger partial charge is 0.383 e. The van der Waals surface area contributed by atoms with Crippen LogP contribution in [0.2, 0.25) is 5.02 Å². The van der Waals surface area contributed by atoms with E-state index in [1.807, 2.05) is 69.3 Å². The highest BCUT2D eigenvalue weighted by atomic mass is 35.5. The van der Waals surface area contributed by atoms with Crippen LogP contribution in [0.4, 0.5) is 10.5 Å². The molecule has 7 nitrogen and oxygen atoms in total. The summed E-state index contributed by atoms with van der Waals surface area (Å²) in [5.41, 5.74) is 3.76. The number of urea groups is 1. The van der Waals surface area contributed by atoms with Gasteiger partial charge in [-0.2, -0.15) is 0 Å². The second-order valence-electron chi connectivity index (χ2n) is 8.77. The van der Waals surface area contributed by atoms with Crippen LogP contribution in [0.15, 0.2) is 71.5 Å². The number of benzene rings is 3. The first kappa shape index (κ1) is 25.4. The average molecular weight is 505 g/mol. The van der Waals surface area contributed by atoms with Gasteiger partial charge in [-0.05, 0) is 63.2 Å². The Labute approximate surface area is 215 Å². The highest BCUT2D eigenvalue weighted by molar-refractivity contribution is 6.31. The lowest BCUT2D eigenvalue weighted by Crippen LogP contribution is -2.41. The summed E-state index contributed by atoms with van der Waals surface area (Å²) in [5, 5.41) is 3.88. The molecule has 186 valence electrons. The molecule has 4 aromatic rings. The molecule has 3 aromatic carbocycles. The molecule has 1 heterocycles. The van der Waals surface area contributed by atoms with Crippen LogP contribution >= 0.6 is 11.6 Å². The van der Waals surface area contributed by atoms with Gasteiger partial charge in [-0.3, -0.25) is 9.36 Å². The first-order valence-electron chi connectivity index (χ1n) is 11.7. The van der Waals surface area contributed by atoms with Gasteiger partial charge in [0.25, 0.3) is 5.56 Å². The van der Waals surface area contributed by atoms with Crippen molar-refractivity contribution in [3.05, 3.63) is 99.1 Å². The molecule has 0 saturated carbocycles. The second kappa shape index (κ2) is 10.9. The van der Waals surface area contributed by atoms with Crippen molar-refractivity contribution >= 4 is 34.2 Å². The highest BCUT2D eigenvalue weighted by Crippen LogP contribution is 2.25. The summed E-state index contributed by atoms with van der Waals surface area (Å²) < 4.78 is 6.85. The quantitative estimate of drug-likeness (QED) is 0.340. The summed E-state index contributed by atoms with van der Waals surface area (Å²) >= 11 is 6.22. The van der Waals surface area contributed by atoms with Gasteiger partial charge in [0, 0.05) is 24.4 Å². The number of carbonyl (C=O) groups is 1. The molecule has 0 fully saturated rings. The summed E-state index contributed by atoms with van der Waals surface area (Å²) in [4.78, 5) is 33.6. The van der Waals surface area contributed by atoms with Crippen molar-refractivity contribution in [1.82, 2.24) is 14.5 Å². The van der Waals surface area contributed by atoms with E-state index in [2.05, 4.69) is 5.32 Å². The van der Waals surface area contributed by atoms with E-state index in [1.54, 1.807) is 34.8 Å².